The van der Waals surface area contributed by atoms with E-state index < -0.39 is 6.61 Å². The van der Waals surface area contributed by atoms with Crippen molar-refractivity contribution in [3.8, 4) is 11.4 Å². The van der Waals surface area contributed by atoms with Crippen LogP contribution in [0.25, 0.3) is 28.7 Å². The van der Waals surface area contributed by atoms with E-state index in [1.807, 2.05) is 43.3 Å². The number of ether oxygens (including phenoxy) is 1. The van der Waals surface area contributed by atoms with Crippen molar-refractivity contribution in [1.29, 1.82) is 0 Å². The molecule has 4 aromatic rings. The molecule has 0 saturated heterocycles. The van der Waals surface area contributed by atoms with Crippen molar-refractivity contribution in [2.75, 3.05) is 0 Å². The number of nitrogens with zero attached hydrogens (tertiary/aromatic N) is 2. The van der Waals surface area contributed by atoms with Crippen LogP contribution in [0.1, 0.15) is 17.0 Å². The molecule has 0 bridgehead atoms. The first-order valence-corrected chi connectivity index (χ1v) is 9.33. The molecule has 0 aliphatic heterocycles. The van der Waals surface area contributed by atoms with Crippen LogP contribution in [0.5, 0.6) is 5.75 Å². The summed E-state index contributed by atoms with van der Waals surface area (Å²) < 4.78 is 30.5. The van der Waals surface area contributed by atoms with E-state index in [1.54, 1.807) is 41.0 Å². The monoisotopic (exact) mass is 404 g/mol. The van der Waals surface area contributed by atoms with Crippen LogP contribution >= 0.6 is 0 Å². The van der Waals surface area contributed by atoms with Crippen LogP contribution in [0.3, 0.4) is 0 Å². The van der Waals surface area contributed by atoms with Crippen LogP contribution in [-0.4, -0.2) is 16.2 Å². The molecule has 0 amide bonds. The van der Waals surface area contributed by atoms with Gasteiger partial charge in [-0.25, -0.2) is 4.98 Å². The first-order chi connectivity index (χ1) is 14.5. The van der Waals surface area contributed by atoms with Gasteiger partial charge in [0.25, 0.3) is 5.56 Å². The van der Waals surface area contributed by atoms with Gasteiger partial charge >= 0.3 is 6.61 Å². The highest BCUT2D eigenvalue weighted by atomic mass is 19.3. The molecule has 3 aromatic carbocycles. The Balaban J connectivity index is 1.79. The maximum atomic E-state index is 13.2. The van der Waals surface area contributed by atoms with E-state index in [0.29, 0.717) is 22.4 Å². The lowest BCUT2D eigenvalue weighted by Crippen LogP contribution is -2.22. The van der Waals surface area contributed by atoms with E-state index in [0.717, 1.165) is 11.1 Å². The highest BCUT2D eigenvalue weighted by Gasteiger charge is 2.11. The molecule has 0 aliphatic carbocycles. The molecule has 0 radical (unpaired) electrons. The van der Waals surface area contributed by atoms with Gasteiger partial charge in [-0.3, -0.25) is 9.36 Å². The number of fused-ring (bicyclic) bond motifs is 1. The molecule has 1 aromatic heterocycles. The number of halogens is 2. The summed E-state index contributed by atoms with van der Waals surface area (Å²) in [4.78, 5) is 17.9. The van der Waals surface area contributed by atoms with E-state index in [4.69, 9.17) is 0 Å². The molecule has 0 spiro atoms. The van der Waals surface area contributed by atoms with Gasteiger partial charge in [0.1, 0.15) is 11.6 Å². The first-order valence-electron chi connectivity index (χ1n) is 9.33. The van der Waals surface area contributed by atoms with Gasteiger partial charge in [0.05, 0.1) is 16.6 Å². The van der Waals surface area contributed by atoms with E-state index in [-0.39, 0.29) is 11.3 Å². The van der Waals surface area contributed by atoms with Crippen molar-refractivity contribution >= 4 is 23.1 Å². The largest absolute Gasteiger partial charge is 0.435 e. The molecule has 4 nitrogen and oxygen atoms in total. The second kappa shape index (κ2) is 8.29. The Bertz CT molecular complexity index is 1260. The molecule has 30 heavy (non-hydrogen) atoms. The molecule has 4 rings (SSSR count). The van der Waals surface area contributed by atoms with Crippen molar-refractivity contribution in [2.24, 2.45) is 0 Å². The molecule has 0 N–H and O–H groups in total. The lowest BCUT2D eigenvalue weighted by molar-refractivity contribution is -0.0498. The third-order valence-corrected chi connectivity index (χ3v) is 4.62. The van der Waals surface area contributed by atoms with Gasteiger partial charge in [0, 0.05) is 0 Å². The fourth-order valence-corrected chi connectivity index (χ4v) is 3.14. The predicted molar refractivity (Wildman–Crippen MR) is 114 cm³/mol. The minimum atomic E-state index is -2.86. The molecule has 150 valence electrons. The maximum absolute atomic E-state index is 13.2. The summed E-state index contributed by atoms with van der Waals surface area (Å²) >= 11 is 0. The summed E-state index contributed by atoms with van der Waals surface area (Å²) in [6.45, 7) is -0.884. The number of benzene rings is 3. The van der Waals surface area contributed by atoms with E-state index in [2.05, 4.69) is 9.72 Å². The van der Waals surface area contributed by atoms with Crippen molar-refractivity contribution in [3.05, 3.63) is 100 Å². The zero-order valence-electron chi connectivity index (χ0n) is 16.1. The molecular formula is C24H18F2N2O2. The van der Waals surface area contributed by atoms with Crippen LogP contribution in [0.2, 0.25) is 0 Å². The van der Waals surface area contributed by atoms with Crippen molar-refractivity contribution in [2.45, 2.75) is 13.5 Å². The normalized spacial score (nSPS) is 11.5. The average molecular weight is 404 g/mol. The molecular weight excluding hydrogens is 386 g/mol. The maximum Gasteiger partial charge on any atom is 0.387 e. The fourth-order valence-electron chi connectivity index (χ4n) is 3.14. The number of alkyl halides is 2. The smallest absolute Gasteiger partial charge is 0.387 e. The number of hydrogen-bond donors (Lipinski definition) is 0. The van der Waals surface area contributed by atoms with Crippen LogP contribution in [-0.2, 0) is 0 Å². The Morgan fingerprint density at radius 2 is 1.63 bits per heavy atom. The zero-order valence-corrected chi connectivity index (χ0v) is 16.1. The lowest BCUT2D eigenvalue weighted by Gasteiger charge is -2.11. The predicted octanol–water partition coefficient (Wildman–Crippen LogP) is 5.47. The van der Waals surface area contributed by atoms with Gasteiger partial charge in [-0.05, 0) is 55.0 Å². The summed E-state index contributed by atoms with van der Waals surface area (Å²) in [5.41, 5.74) is 3.00. The topological polar surface area (TPSA) is 44.1 Å². The summed E-state index contributed by atoms with van der Waals surface area (Å²) in [5, 5.41) is 0.531. The van der Waals surface area contributed by atoms with Gasteiger partial charge in [0.2, 0.25) is 0 Å². The number of aromatic nitrogens is 2. The molecule has 6 heteroatoms. The second-order valence-corrected chi connectivity index (χ2v) is 6.74. The third kappa shape index (κ3) is 4.12. The SMILES string of the molecule is Cc1ccc(-n2c(/C=C/c3ccc(OC(F)F)cc3)nc3ccccc3c2=O)cc1. The fraction of sp³-hybridized carbons (Fsp3) is 0.0833. The lowest BCUT2D eigenvalue weighted by atomic mass is 10.2. The Labute approximate surface area is 171 Å². The molecule has 0 unspecified atom stereocenters. The second-order valence-electron chi connectivity index (χ2n) is 6.74. The Morgan fingerprint density at radius 1 is 0.933 bits per heavy atom. The first kappa shape index (κ1) is 19.5. The standard InChI is InChI=1S/C24H18F2N2O2/c1-16-6-11-18(12-7-16)28-22(27-21-5-3-2-4-20(21)23(28)29)15-10-17-8-13-19(14-9-17)30-24(25)26/h2-15,24H,1H3/b15-10+. The molecule has 0 saturated carbocycles. The minimum absolute atomic E-state index is 0.0857. The number of hydrogen-bond acceptors (Lipinski definition) is 3. The summed E-state index contributed by atoms with van der Waals surface area (Å²) in [6, 6.07) is 21.1. The van der Waals surface area contributed by atoms with Gasteiger partial charge in [-0.1, -0.05) is 48.0 Å². The summed E-state index contributed by atoms with van der Waals surface area (Å²) in [6.07, 6.45) is 3.50. The molecule has 0 aliphatic rings. The average Bonchev–Trinajstić information content (AvgIpc) is 2.74. The van der Waals surface area contributed by atoms with Gasteiger partial charge in [-0.15, -0.1) is 0 Å². The van der Waals surface area contributed by atoms with E-state index in [9.17, 15) is 13.6 Å². The number of para-hydroxylation sites is 1. The van der Waals surface area contributed by atoms with Crippen LogP contribution in [0, 0.1) is 6.92 Å². The zero-order chi connectivity index (χ0) is 21.1. The molecule has 0 atom stereocenters. The van der Waals surface area contributed by atoms with Gasteiger partial charge in [0.15, 0.2) is 0 Å². The van der Waals surface area contributed by atoms with Crippen molar-refractivity contribution in [3.63, 3.8) is 0 Å². The summed E-state index contributed by atoms with van der Waals surface area (Å²) in [7, 11) is 0. The van der Waals surface area contributed by atoms with Gasteiger partial charge in [-0.2, -0.15) is 8.78 Å². The number of aryl methyl sites for hydroxylation is 1. The van der Waals surface area contributed by atoms with Crippen molar-refractivity contribution < 1.29 is 13.5 Å². The Kier molecular flexibility index (Phi) is 5.39. The Morgan fingerprint density at radius 3 is 2.33 bits per heavy atom. The van der Waals surface area contributed by atoms with Crippen molar-refractivity contribution in [1.82, 2.24) is 9.55 Å². The van der Waals surface area contributed by atoms with E-state index >= 15 is 0 Å². The highest BCUT2D eigenvalue weighted by molar-refractivity contribution is 5.80. The molecule has 1 heterocycles. The van der Waals surface area contributed by atoms with Gasteiger partial charge < -0.3 is 4.74 Å². The minimum Gasteiger partial charge on any atom is -0.435 e. The summed E-state index contributed by atoms with van der Waals surface area (Å²) in [5.74, 6) is 0.554. The van der Waals surface area contributed by atoms with Crippen LogP contribution in [0.4, 0.5) is 8.78 Å². The molecule has 0 fully saturated rings. The Hall–Kier alpha value is -3.80. The highest BCUT2D eigenvalue weighted by Crippen LogP contribution is 2.18. The van der Waals surface area contributed by atoms with Crippen LogP contribution in [0.15, 0.2) is 77.6 Å². The number of rotatable bonds is 5. The van der Waals surface area contributed by atoms with Crippen LogP contribution < -0.4 is 10.3 Å². The van der Waals surface area contributed by atoms with E-state index in [1.165, 1.54) is 12.1 Å². The quantitative estimate of drug-likeness (QED) is 0.443. The third-order valence-electron chi connectivity index (χ3n) is 4.62.